The van der Waals surface area contributed by atoms with Crippen LogP contribution in [0.3, 0.4) is 0 Å². The molecular weight excluding hydrogens is 574 g/mol. The molecule has 0 radical (unpaired) electrons. The van der Waals surface area contributed by atoms with Crippen molar-refractivity contribution in [3.63, 3.8) is 0 Å². The summed E-state index contributed by atoms with van der Waals surface area (Å²) >= 11 is 0. The predicted octanol–water partition coefficient (Wildman–Crippen LogP) is 9.19. The molecule has 5 rings (SSSR count). The summed E-state index contributed by atoms with van der Waals surface area (Å²) in [5.74, 6) is -0.726. The van der Waals surface area contributed by atoms with Crippen LogP contribution < -0.4 is 15.5 Å². The Kier molecular flexibility index (Phi) is 10.1. The second kappa shape index (κ2) is 14.4. The van der Waals surface area contributed by atoms with E-state index >= 15 is 0 Å². The van der Waals surface area contributed by atoms with E-state index in [-0.39, 0.29) is 5.92 Å². The third kappa shape index (κ3) is 7.56. The molecule has 238 valence electrons. The summed E-state index contributed by atoms with van der Waals surface area (Å²) in [7, 11) is 8.20. The molecule has 0 bridgehead atoms. The molecule has 1 amide bonds. The van der Waals surface area contributed by atoms with Gasteiger partial charge in [-0.05, 0) is 101 Å². The van der Waals surface area contributed by atoms with Crippen LogP contribution in [0.4, 0.5) is 11.4 Å². The van der Waals surface area contributed by atoms with Crippen LogP contribution in [0.15, 0.2) is 127 Å². The topological polar surface area (TPSA) is 49.6 Å². The van der Waals surface area contributed by atoms with Crippen molar-refractivity contribution in [2.75, 3.05) is 38.0 Å². The maximum Gasteiger partial charge on any atom is 0.249 e. The molecule has 0 aliphatic heterocycles. The highest BCUT2D eigenvalue weighted by atomic mass is 16.1. The molecule has 5 aromatic carbocycles. The monoisotopic (exact) mass is 619 g/mol. The van der Waals surface area contributed by atoms with Crippen molar-refractivity contribution < 1.29 is 4.79 Å². The van der Waals surface area contributed by atoms with Crippen LogP contribution in [0.25, 0.3) is 11.1 Å². The molecule has 0 unspecified atom stereocenters. The van der Waals surface area contributed by atoms with Crippen molar-refractivity contribution >= 4 is 28.4 Å². The quantitative estimate of drug-likeness (QED) is 0.170. The van der Waals surface area contributed by atoms with Gasteiger partial charge < -0.3 is 15.5 Å². The van der Waals surface area contributed by atoms with E-state index in [1.54, 1.807) is 0 Å². The third-order valence-electron chi connectivity index (χ3n) is 8.78. The zero-order valence-electron chi connectivity index (χ0n) is 28.6. The Morgan fingerprint density at radius 3 is 1.38 bits per heavy atom. The third-order valence-corrected chi connectivity index (χ3v) is 8.78. The van der Waals surface area contributed by atoms with Gasteiger partial charge in [0.25, 0.3) is 0 Å². The largest absolute Gasteiger partial charge is 0.378 e. The van der Waals surface area contributed by atoms with E-state index in [0.29, 0.717) is 5.56 Å². The molecule has 0 aliphatic rings. The molecule has 0 saturated heterocycles. The molecular formula is C43H45N3O. The number of nitrogens with two attached hydrogens (primary N) is 1. The van der Waals surface area contributed by atoms with Gasteiger partial charge in [-0.3, -0.25) is 4.79 Å². The smallest absolute Gasteiger partial charge is 0.249 e. The van der Waals surface area contributed by atoms with Crippen LogP contribution in [-0.4, -0.2) is 34.1 Å². The highest BCUT2D eigenvalue weighted by molar-refractivity contribution is 5.95. The van der Waals surface area contributed by atoms with Gasteiger partial charge in [0.05, 0.1) is 0 Å². The number of benzene rings is 5. The fraction of sp³-hybridized carbons (Fsp3) is 0.186. The first kappa shape index (κ1) is 33.0. The van der Waals surface area contributed by atoms with E-state index in [1.807, 2.05) is 12.1 Å². The maximum atomic E-state index is 13.0. The van der Waals surface area contributed by atoms with Gasteiger partial charge in [0.2, 0.25) is 5.91 Å². The molecule has 0 aromatic heterocycles. The number of carbonyl (C=O) groups is 1. The SMILES string of the molecule is Cc1ccc(C(N)=O)c(C(C=C(c2ccc(N(C)C)cc2)c2ccccc2C)C=C(c2ccc(N(C)C)cc2)c2ccccc2C)c1. The lowest BCUT2D eigenvalue weighted by molar-refractivity contribution is 0.0999. The van der Waals surface area contributed by atoms with Crippen molar-refractivity contribution in [2.24, 2.45) is 5.73 Å². The lowest BCUT2D eigenvalue weighted by Crippen LogP contribution is -2.15. The van der Waals surface area contributed by atoms with Gasteiger partial charge in [0.15, 0.2) is 0 Å². The molecule has 0 spiro atoms. The number of rotatable bonds is 10. The minimum atomic E-state index is -0.438. The molecule has 0 atom stereocenters. The predicted molar refractivity (Wildman–Crippen MR) is 200 cm³/mol. The van der Waals surface area contributed by atoms with E-state index in [4.69, 9.17) is 5.73 Å². The highest BCUT2D eigenvalue weighted by Crippen LogP contribution is 2.37. The Morgan fingerprint density at radius 1 is 0.574 bits per heavy atom. The van der Waals surface area contributed by atoms with Gasteiger partial charge in [-0.25, -0.2) is 0 Å². The maximum absolute atomic E-state index is 13.0. The summed E-state index contributed by atoms with van der Waals surface area (Å²) in [6, 6.07) is 40.2. The zero-order valence-corrected chi connectivity index (χ0v) is 28.6. The highest BCUT2D eigenvalue weighted by Gasteiger charge is 2.20. The van der Waals surface area contributed by atoms with Crippen molar-refractivity contribution in [2.45, 2.75) is 26.7 Å². The van der Waals surface area contributed by atoms with Gasteiger partial charge in [-0.15, -0.1) is 0 Å². The summed E-state index contributed by atoms with van der Waals surface area (Å²) < 4.78 is 0. The summed E-state index contributed by atoms with van der Waals surface area (Å²) in [4.78, 5) is 17.2. The fourth-order valence-corrected chi connectivity index (χ4v) is 6.08. The second-order valence-corrected chi connectivity index (χ2v) is 12.7. The summed E-state index contributed by atoms with van der Waals surface area (Å²) in [6.07, 6.45) is 4.61. The molecule has 0 heterocycles. The van der Waals surface area contributed by atoms with Crippen molar-refractivity contribution in [1.82, 2.24) is 0 Å². The number of carbonyl (C=O) groups excluding carboxylic acids is 1. The molecule has 4 heteroatoms. The average Bonchev–Trinajstić information content (AvgIpc) is 3.06. The Balaban J connectivity index is 1.85. The summed E-state index contributed by atoms with van der Waals surface area (Å²) in [5, 5.41) is 0. The number of hydrogen-bond donors (Lipinski definition) is 1. The van der Waals surface area contributed by atoms with E-state index in [1.165, 1.54) is 11.1 Å². The molecule has 2 N–H and O–H groups in total. The van der Waals surface area contributed by atoms with Gasteiger partial charge in [0, 0.05) is 51.0 Å². The first-order chi connectivity index (χ1) is 22.5. The van der Waals surface area contributed by atoms with Crippen molar-refractivity contribution in [3.05, 3.63) is 177 Å². The van der Waals surface area contributed by atoms with Gasteiger partial charge in [-0.2, -0.15) is 0 Å². The number of aryl methyl sites for hydroxylation is 3. The van der Waals surface area contributed by atoms with E-state index in [9.17, 15) is 4.79 Å². The average molecular weight is 620 g/mol. The number of nitrogens with zero attached hydrogens (tertiary/aromatic N) is 2. The molecule has 5 aromatic rings. The van der Waals surface area contributed by atoms with Gasteiger partial charge in [-0.1, -0.05) is 103 Å². The minimum absolute atomic E-state index is 0.288. The number of allylic oxidation sites excluding steroid dienone is 2. The van der Waals surface area contributed by atoms with E-state index in [0.717, 1.165) is 55.9 Å². The molecule has 47 heavy (non-hydrogen) atoms. The van der Waals surface area contributed by atoms with E-state index < -0.39 is 5.91 Å². The number of amides is 1. The summed E-state index contributed by atoms with van der Waals surface area (Å²) in [5.41, 5.74) is 19.8. The number of anilines is 2. The Hall–Kier alpha value is -5.35. The van der Waals surface area contributed by atoms with Crippen LogP contribution in [0.5, 0.6) is 0 Å². The van der Waals surface area contributed by atoms with Crippen molar-refractivity contribution in [1.29, 1.82) is 0 Å². The first-order valence-electron chi connectivity index (χ1n) is 16.0. The molecule has 4 nitrogen and oxygen atoms in total. The van der Waals surface area contributed by atoms with E-state index in [2.05, 4.69) is 174 Å². The van der Waals surface area contributed by atoms with Crippen LogP contribution in [0.2, 0.25) is 0 Å². The van der Waals surface area contributed by atoms with Crippen LogP contribution in [0, 0.1) is 20.8 Å². The van der Waals surface area contributed by atoms with Gasteiger partial charge >= 0.3 is 0 Å². The zero-order chi connectivity index (χ0) is 33.7. The lowest BCUT2D eigenvalue weighted by Gasteiger charge is -2.21. The van der Waals surface area contributed by atoms with Gasteiger partial charge in [0.1, 0.15) is 0 Å². The standard InChI is InChI=1S/C43H45N3O/c1-29-16-25-39(43(44)47)40(26-29)34(27-41(37-14-10-8-12-30(37)2)32-17-21-35(22-18-32)45(4)5)28-42(38-15-11-9-13-31(38)3)33-19-23-36(24-20-33)46(6)7/h8-28,34H,1-7H3,(H2,44,47). The number of primary amides is 1. The number of hydrogen-bond acceptors (Lipinski definition) is 3. The second-order valence-electron chi connectivity index (χ2n) is 12.7. The van der Waals surface area contributed by atoms with Crippen LogP contribution >= 0.6 is 0 Å². The minimum Gasteiger partial charge on any atom is -0.378 e. The molecule has 0 saturated carbocycles. The lowest BCUT2D eigenvalue weighted by atomic mass is 9.83. The Morgan fingerprint density at radius 2 is 1.00 bits per heavy atom. The summed E-state index contributed by atoms with van der Waals surface area (Å²) in [6.45, 7) is 6.35. The van der Waals surface area contributed by atoms with Crippen LogP contribution in [-0.2, 0) is 0 Å². The first-order valence-corrected chi connectivity index (χ1v) is 16.0. The normalized spacial score (nSPS) is 12.5. The fourth-order valence-electron chi connectivity index (χ4n) is 6.08. The molecule has 0 fully saturated rings. The van der Waals surface area contributed by atoms with Crippen LogP contribution in [0.1, 0.15) is 60.8 Å². The molecule has 0 aliphatic carbocycles. The van der Waals surface area contributed by atoms with Crippen molar-refractivity contribution in [3.8, 4) is 0 Å². The Bertz CT molecular complexity index is 1820. The Labute approximate surface area is 280 Å².